The topological polar surface area (TPSA) is 102 Å². The van der Waals surface area contributed by atoms with E-state index in [2.05, 4.69) is 10.0 Å². The minimum atomic E-state index is -3.67. The molecule has 2 aliphatic rings. The fourth-order valence-electron chi connectivity index (χ4n) is 3.15. The summed E-state index contributed by atoms with van der Waals surface area (Å²) in [5.41, 5.74) is -1.84. The van der Waals surface area contributed by atoms with Crippen molar-refractivity contribution in [1.82, 2.24) is 10.0 Å². The fourth-order valence-corrected chi connectivity index (χ4v) is 4.30. The number of hydrogen-bond donors (Lipinski definition) is 2. The van der Waals surface area contributed by atoms with Gasteiger partial charge in [-0.25, -0.2) is 13.2 Å². The van der Waals surface area contributed by atoms with Crippen molar-refractivity contribution >= 4 is 22.0 Å². The molecule has 1 aliphatic heterocycles. The van der Waals surface area contributed by atoms with Crippen LogP contribution in [-0.2, 0) is 19.6 Å². The molecule has 1 saturated carbocycles. The molecule has 0 bridgehead atoms. The van der Waals surface area contributed by atoms with Crippen LogP contribution >= 0.6 is 0 Å². The van der Waals surface area contributed by atoms with Gasteiger partial charge in [-0.05, 0) is 46.0 Å². The van der Waals surface area contributed by atoms with Gasteiger partial charge >= 0.3 is 6.09 Å². The minimum Gasteiger partial charge on any atom is -0.444 e. The number of alkyl carbamates (subject to hydrolysis) is 1. The smallest absolute Gasteiger partial charge is 0.408 e. The molecule has 2 atom stereocenters. The highest BCUT2D eigenvalue weighted by Gasteiger charge is 2.61. The van der Waals surface area contributed by atoms with Crippen molar-refractivity contribution in [3.8, 4) is 0 Å². The monoisotopic (exact) mass is 360 g/mol. The molecule has 8 heteroatoms. The van der Waals surface area contributed by atoms with Crippen molar-refractivity contribution in [2.45, 2.75) is 76.9 Å². The lowest BCUT2D eigenvalue weighted by atomic mass is 10.1. The minimum absolute atomic E-state index is 0.0420. The SMILES string of the molecule is CC(C)(C)OC(=O)N[C@]12C[C@H]1CCCCCCCS(=O)(=O)NC2=O. The van der Waals surface area contributed by atoms with Crippen molar-refractivity contribution in [3.05, 3.63) is 0 Å². The van der Waals surface area contributed by atoms with Gasteiger partial charge in [0.05, 0.1) is 5.75 Å². The summed E-state index contributed by atoms with van der Waals surface area (Å²) in [5.74, 6) is -0.745. The quantitative estimate of drug-likeness (QED) is 0.745. The van der Waals surface area contributed by atoms with E-state index < -0.39 is 33.2 Å². The molecular formula is C16H28N2O5S. The van der Waals surface area contributed by atoms with Crippen molar-refractivity contribution in [2.75, 3.05) is 5.75 Å². The number of nitrogens with one attached hydrogen (secondary N) is 2. The second kappa shape index (κ2) is 6.90. The lowest BCUT2D eigenvalue weighted by Gasteiger charge is -2.24. The number of amides is 2. The van der Waals surface area contributed by atoms with E-state index in [1.54, 1.807) is 20.8 Å². The van der Waals surface area contributed by atoms with Gasteiger partial charge in [0.1, 0.15) is 11.1 Å². The molecule has 0 aromatic heterocycles. The van der Waals surface area contributed by atoms with Crippen molar-refractivity contribution in [2.24, 2.45) is 5.92 Å². The molecule has 0 spiro atoms. The van der Waals surface area contributed by atoms with Gasteiger partial charge in [0.2, 0.25) is 10.0 Å². The number of carbonyl (C=O) groups is 2. The van der Waals surface area contributed by atoms with Crippen LogP contribution in [-0.4, -0.2) is 37.3 Å². The Kier molecular flexibility index (Phi) is 5.47. The molecule has 24 heavy (non-hydrogen) atoms. The predicted octanol–water partition coefficient (Wildman–Crippen LogP) is 2.07. The third-order valence-corrected chi connectivity index (χ3v) is 5.77. The van der Waals surface area contributed by atoms with Crippen LogP contribution in [0.4, 0.5) is 4.79 Å². The molecule has 2 fully saturated rings. The van der Waals surface area contributed by atoms with Crippen LogP contribution in [0.2, 0.25) is 0 Å². The van der Waals surface area contributed by atoms with E-state index in [-0.39, 0.29) is 11.7 Å². The van der Waals surface area contributed by atoms with Gasteiger partial charge < -0.3 is 10.1 Å². The summed E-state index contributed by atoms with van der Waals surface area (Å²) < 4.78 is 31.4. The molecule has 0 aromatic carbocycles. The highest BCUT2D eigenvalue weighted by molar-refractivity contribution is 7.90. The summed E-state index contributed by atoms with van der Waals surface area (Å²) >= 11 is 0. The second-order valence-electron chi connectivity index (χ2n) is 7.81. The zero-order chi connectivity index (χ0) is 18.0. The predicted molar refractivity (Wildman–Crippen MR) is 89.8 cm³/mol. The zero-order valence-electron chi connectivity index (χ0n) is 14.7. The number of sulfonamides is 1. The molecule has 0 radical (unpaired) electrons. The third kappa shape index (κ3) is 5.09. The van der Waals surface area contributed by atoms with Crippen molar-refractivity contribution in [1.29, 1.82) is 0 Å². The molecule has 2 N–H and O–H groups in total. The number of fused-ring (bicyclic) bond motifs is 1. The lowest BCUT2D eigenvalue weighted by molar-refractivity contribution is -0.122. The first-order valence-electron chi connectivity index (χ1n) is 8.60. The third-order valence-electron chi connectivity index (χ3n) is 4.45. The van der Waals surface area contributed by atoms with Gasteiger partial charge in [-0.15, -0.1) is 0 Å². The summed E-state index contributed by atoms with van der Waals surface area (Å²) in [4.78, 5) is 24.6. The molecular weight excluding hydrogens is 332 g/mol. The fraction of sp³-hybridized carbons (Fsp3) is 0.875. The average Bonchev–Trinajstić information content (AvgIpc) is 3.07. The maximum absolute atomic E-state index is 12.5. The van der Waals surface area contributed by atoms with Gasteiger partial charge in [0.25, 0.3) is 5.91 Å². The lowest BCUT2D eigenvalue weighted by Crippen LogP contribution is -2.53. The number of hydrogen-bond acceptors (Lipinski definition) is 5. The summed E-state index contributed by atoms with van der Waals surface area (Å²) in [5, 5.41) is 2.63. The normalized spacial score (nSPS) is 30.8. The Balaban J connectivity index is 2.12. The van der Waals surface area contributed by atoms with Crippen LogP contribution in [0, 0.1) is 5.92 Å². The molecule has 0 unspecified atom stereocenters. The average molecular weight is 360 g/mol. The van der Waals surface area contributed by atoms with E-state index in [4.69, 9.17) is 4.74 Å². The highest BCUT2D eigenvalue weighted by Crippen LogP contribution is 2.47. The summed E-state index contributed by atoms with van der Waals surface area (Å²) in [6.45, 7) is 5.21. The first kappa shape index (κ1) is 19.0. The number of ether oxygens (including phenoxy) is 1. The molecule has 1 heterocycles. The summed E-state index contributed by atoms with van der Waals surface area (Å²) in [6, 6.07) is 0. The standard InChI is InChI=1S/C16H28N2O5S/c1-15(2,3)23-14(20)17-16-11-12(16)9-7-5-4-6-8-10-24(21,22)18-13(16)19/h12H,4-11H2,1-3H3,(H,17,20)(H,18,19)/t12-,16-/m1/s1. The van der Waals surface area contributed by atoms with E-state index in [1.165, 1.54) is 0 Å². The Hall–Kier alpha value is -1.31. The van der Waals surface area contributed by atoms with Crippen molar-refractivity contribution in [3.63, 3.8) is 0 Å². The van der Waals surface area contributed by atoms with E-state index in [1.807, 2.05) is 0 Å². The van der Waals surface area contributed by atoms with Gasteiger partial charge in [-0.1, -0.05) is 25.7 Å². The van der Waals surface area contributed by atoms with E-state index >= 15 is 0 Å². The van der Waals surface area contributed by atoms with Crippen LogP contribution in [0.5, 0.6) is 0 Å². The van der Waals surface area contributed by atoms with Crippen LogP contribution in [0.25, 0.3) is 0 Å². The Bertz CT molecular complexity index is 596. The van der Waals surface area contributed by atoms with Crippen LogP contribution < -0.4 is 10.0 Å². The Morgan fingerprint density at radius 2 is 1.83 bits per heavy atom. The van der Waals surface area contributed by atoms with Crippen LogP contribution in [0.1, 0.15) is 65.7 Å². The Morgan fingerprint density at radius 3 is 2.50 bits per heavy atom. The van der Waals surface area contributed by atoms with E-state index in [0.717, 1.165) is 32.1 Å². The van der Waals surface area contributed by atoms with E-state index in [9.17, 15) is 18.0 Å². The van der Waals surface area contributed by atoms with Gasteiger partial charge in [0, 0.05) is 0 Å². The highest BCUT2D eigenvalue weighted by atomic mass is 32.2. The molecule has 2 rings (SSSR count). The van der Waals surface area contributed by atoms with E-state index in [0.29, 0.717) is 12.8 Å². The van der Waals surface area contributed by atoms with Crippen LogP contribution in [0.15, 0.2) is 0 Å². The second-order valence-corrected chi connectivity index (χ2v) is 9.65. The molecule has 1 aliphatic carbocycles. The van der Waals surface area contributed by atoms with Crippen LogP contribution in [0.3, 0.4) is 0 Å². The zero-order valence-corrected chi connectivity index (χ0v) is 15.5. The molecule has 7 nitrogen and oxygen atoms in total. The maximum Gasteiger partial charge on any atom is 0.408 e. The first-order chi connectivity index (χ1) is 11.0. The molecule has 1 saturated heterocycles. The number of rotatable bonds is 1. The van der Waals surface area contributed by atoms with Gasteiger partial charge in [0.15, 0.2) is 0 Å². The van der Waals surface area contributed by atoms with Crippen molar-refractivity contribution < 1.29 is 22.7 Å². The molecule has 0 aromatic rings. The molecule has 2 amide bonds. The largest absolute Gasteiger partial charge is 0.444 e. The summed E-state index contributed by atoms with van der Waals surface area (Å²) in [7, 11) is -3.67. The number of carbonyl (C=O) groups excluding carboxylic acids is 2. The first-order valence-corrected chi connectivity index (χ1v) is 10.3. The Labute approximate surface area is 143 Å². The maximum atomic E-state index is 12.5. The van der Waals surface area contributed by atoms with Gasteiger partial charge in [-0.3, -0.25) is 9.52 Å². The summed E-state index contributed by atoms with van der Waals surface area (Å²) in [6.07, 6.45) is 4.92. The Morgan fingerprint density at radius 1 is 1.21 bits per heavy atom. The molecule has 138 valence electrons. The van der Waals surface area contributed by atoms with Gasteiger partial charge in [-0.2, -0.15) is 0 Å².